The van der Waals surface area contributed by atoms with Crippen molar-refractivity contribution in [2.45, 2.75) is 6.54 Å². The van der Waals surface area contributed by atoms with Crippen LogP contribution in [0.3, 0.4) is 0 Å². The average molecular weight is 326 g/mol. The molecule has 0 bridgehead atoms. The van der Waals surface area contributed by atoms with Crippen LogP contribution in [0.2, 0.25) is 5.02 Å². The van der Waals surface area contributed by atoms with E-state index in [1.165, 1.54) is 6.07 Å². The van der Waals surface area contributed by atoms with Gasteiger partial charge in [-0.15, -0.1) is 0 Å². The van der Waals surface area contributed by atoms with Gasteiger partial charge in [0.05, 0.1) is 5.02 Å². The number of nitrogens with one attached hydrogen (secondary N) is 1. The first-order chi connectivity index (χ1) is 9.82. The van der Waals surface area contributed by atoms with Crippen LogP contribution in [-0.2, 0) is 6.54 Å². The lowest BCUT2D eigenvalue weighted by atomic mass is 10.2. The Bertz CT molecular complexity index is 675. The summed E-state index contributed by atoms with van der Waals surface area (Å²) in [4.78, 5) is 0. The fourth-order valence-corrected chi connectivity index (χ4v) is 1.80. The van der Waals surface area contributed by atoms with Gasteiger partial charge in [-0.1, -0.05) is 17.7 Å². The molecular weight excluding hydrogens is 320 g/mol. The number of rotatable bonds is 3. The SMILES string of the molecule is Fc1ccc(CNc2c(F)c(F)c(F)c(F)c2F)cc1Cl. The van der Waals surface area contributed by atoms with E-state index in [4.69, 9.17) is 11.6 Å². The van der Waals surface area contributed by atoms with Crippen molar-refractivity contribution in [3.63, 3.8) is 0 Å². The van der Waals surface area contributed by atoms with Gasteiger partial charge in [0.25, 0.3) is 0 Å². The number of benzene rings is 2. The highest BCUT2D eigenvalue weighted by molar-refractivity contribution is 6.30. The van der Waals surface area contributed by atoms with Gasteiger partial charge in [-0.2, -0.15) is 0 Å². The molecule has 0 saturated heterocycles. The van der Waals surface area contributed by atoms with Crippen LogP contribution in [0.4, 0.5) is 32.0 Å². The number of anilines is 1. The van der Waals surface area contributed by atoms with Crippen LogP contribution < -0.4 is 5.32 Å². The molecule has 0 heterocycles. The predicted molar refractivity (Wildman–Crippen MR) is 65.0 cm³/mol. The average Bonchev–Trinajstić information content (AvgIpc) is 2.46. The molecule has 1 N–H and O–H groups in total. The van der Waals surface area contributed by atoms with E-state index in [0.29, 0.717) is 5.56 Å². The van der Waals surface area contributed by atoms with E-state index in [-0.39, 0.29) is 11.6 Å². The monoisotopic (exact) mass is 325 g/mol. The summed E-state index contributed by atoms with van der Waals surface area (Å²) in [5.41, 5.74) is -0.864. The van der Waals surface area contributed by atoms with Crippen LogP contribution in [0.1, 0.15) is 5.56 Å². The molecule has 0 amide bonds. The van der Waals surface area contributed by atoms with Crippen molar-refractivity contribution in [3.8, 4) is 0 Å². The molecule has 0 aromatic heterocycles. The smallest absolute Gasteiger partial charge is 0.200 e. The Morgan fingerprint density at radius 2 is 1.33 bits per heavy atom. The third kappa shape index (κ3) is 2.92. The van der Waals surface area contributed by atoms with Crippen LogP contribution in [0.15, 0.2) is 18.2 Å². The lowest BCUT2D eigenvalue weighted by Gasteiger charge is -2.11. The quantitative estimate of drug-likeness (QED) is 0.486. The van der Waals surface area contributed by atoms with Crippen LogP contribution in [0, 0.1) is 34.9 Å². The van der Waals surface area contributed by atoms with Crippen molar-refractivity contribution in [1.82, 2.24) is 0 Å². The van der Waals surface area contributed by atoms with Gasteiger partial charge in [-0.05, 0) is 17.7 Å². The van der Waals surface area contributed by atoms with Crippen molar-refractivity contribution in [1.29, 1.82) is 0 Å². The third-order valence-corrected chi connectivity index (χ3v) is 2.95. The van der Waals surface area contributed by atoms with Gasteiger partial charge >= 0.3 is 0 Å². The summed E-state index contributed by atoms with van der Waals surface area (Å²) in [5.74, 6) is -11.0. The molecule has 0 aliphatic carbocycles. The Hall–Kier alpha value is -1.89. The Morgan fingerprint density at radius 3 is 1.86 bits per heavy atom. The van der Waals surface area contributed by atoms with Crippen molar-refractivity contribution >= 4 is 17.3 Å². The third-order valence-electron chi connectivity index (χ3n) is 2.66. The van der Waals surface area contributed by atoms with Crippen molar-refractivity contribution in [2.75, 3.05) is 5.32 Å². The molecule has 112 valence electrons. The maximum atomic E-state index is 13.4. The summed E-state index contributed by atoms with van der Waals surface area (Å²) in [6, 6.07) is 3.42. The molecule has 1 nitrogen and oxygen atoms in total. The van der Waals surface area contributed by atoms with E-state index in [2.05, 4.69) is 5.32 Å². The summed E-state index contributed by atoms with van der Waals surface area (Å²) in [5, 5.41) is 1.85. The molecule has 0 fully saturated rings. The fraction of sp³-hybridized carbons (Fsp3) is 0.0769. The van der Waals surface area contributed by atoms with Gasteiger partial charge in [0.1, 0.15) is 11.5 Å². The summed E-state index contributed by atoms with van der Waals surface area (Å²) in [7, 11) is 0. The normalized spacial score (nSPS) is 10.8. The molecule has 21 heavy (non-hydrogen) atoms. The Labute approximate surface area is 120 Å². The Kier molecular flexibility index (Phi) is 4.32. The first-order valence-corrected chi connectivity index (χ1v) is 5.90. The lowest BCUT2D eigenvalue weighted by molar-refractivity contribution is 0.381. The van der Waals surface area contributed by atoms with Crippen molar-refractivity contribution in [3.05, 3.63) is 63.7 Å². The van der Waals surface area contributed by atoms with Gasteiger partial charge in [0.15, 0.2) is 23.3 Å². The summed E-state index contributed by atoms with van der Waals surface area (Å²) in [6.07, 6.45) is 0. The van der Waals surface area contributed by atoms with E-state index >= 15 is 0 Å². The standard InChI is InChI=1S/C13H6ClF6N/c14-6-3-5(1-2-7(6)15)4-21-13-11(19)9(17)8(16)10(18)12(13)20/h1-3,21H,4H2. The summed E-state index contributed by atoms with van der Waals surface area (Å²) >= 11 is 5.51. The van der Waals surface area contributed by atoms with Crippen molar-refractivity contribution < 1.29 is 26.3 Å². The first kappa shape index (κ1) is 15.5. The molecule has 0 saturated carbocycles. The molecule has 0 aliphatic heterocycles. The largest absolute Gasteiger partial charge is 0.376 e. The van der Waals surface area contributed by atoms with Crippen LogP contribution in [0.25, 0.3) is 0 Å². The molecule has 2 rings (SSSR count). The molecular formula is C13H6ClF6N. The minimum atomic E-state index is -2.24. The molecule has 0 radical (unpaired) electrons. The van der Waals surface area contributed by atoms with Gasteiger partial charge < -0.3 is 5.32 Å². The predicted octanol–water partition coefficient (Wildman–Crippen LogP) is 4.79. The van der Waals surface area contributed by atoms with E-state index in [9.17, 15) is 26.3 Å². The maximum Gasteiger partial charge on any atom is 0.200 e. The highest BCUT2D eigenvalue weighted by atomic mass is 35.5. The highest BCUT2D eigenvalue weighted by Gasteiger charge is 2.25. The van der Waals surface area contributed by atoms with E-state index < -0.39 is 40.6 Å². The van der Waals surface area contributed by atoms with Crippen LogP contribution in [0.5, 0.6) is 0 Å². The minimum absolute atomic E-state index is 0.230. The van der Waals surface area contributed by atoms with Gasteiger partial charge in [0.2, 0.25) is 5.82 Å². The minimum Gasteiger partial charge on any atom is -0.376 e. The van der Waals surface area contributed by atoms with Gasteiger partial charge in [0, 0.05) is 6.54 Å². The topological polar surface area (TPSA) is 12.0 Å². The second-order valence-electron chi connectivity index (χ2n) is 4.05. The molecule has 0 unspecified atom stereocenters. The van der Waals surface area contributed by atoms with Crippen LogP contribution in [-0.4, -0.2) is 0 Å². The first-order valence-electron chi connectivity index (χ1n) is 5.52. The Balaban J connectivity index is 2.30. The fourth-order valence-electron chi connectivity index (χ4n) is 1.60. The highest BCUT2D eigenvalue weighted by Crippen LogP contribution is 2.27. The van der Waals surface area contributed by atoms with E-state index in [0.717, 1.165) is 12.1 Å². The summed E-state index contributed by atoms with van der Waals surface area (Å²) < 4.78 is 78.5. The number of halogens is 7. The maximum absolute atomic E-state index is 13.4. The van der Waals surface area contributed by atoms with E-state index in [1.807, 2.05) is 0 Å². The van der Waals surface area contributed by atoms with Gasteiger partial charge in [-0.25, -0.2) is 26.3 Å². The zero-order valence-corrected chi connectivity index (χ0v) is 10.8. The second-order valence-corrected chi connectivity index (χ2v) is 4.45. The zero-order valence-electron chi connectivity index (χ0n) is 10.1. The Morgan fingerprint density at radius 1 is 0.810 bits per heavy atom. The second kappa shape index (κ2) is 5.85. The molecule has 0 atom stereocenters. The summed E-state index contributed by atoms with van der Waals surface area (Å²) in [6.45, 7) is -0.307. The molecule has 2 aromatic carbocycles. The lowest BCUT2D eigenvalue weighted by Crippen LogP contribution is -2.10. The molecule has 0 spiro atoms. The van der Waals surface area contributed by atoms with E-state index in [1.54, 1.807) is 0 Å². The van der Waals surface area contributed by atoms with Crippen molar-refractivity contribution in [2.24, 2.45) is 0 Å². The van der Waals surface area contributed by atoms with Crippen LogP contribution >= 0.6 is 11.6 Å². The molecule has 8 heteroatoms. The van der Waals surface area contributed by atoms with Gasteiger partial charge in [-0.3, -0.25) is 0 Å². The number of hydrogen-bond acceptors (Lipinski definition) is 1. The zero-order chi connectivity index (χ0) is 15.7. The molecule has 2 aromatic rings. The number of hydrogen-bond donors (Lipinski definition) is 1. The molecule has 0 aliphatic rings.